The lowest BCUT2D eigenvalue weighted by molar-refractivity contribution is 0.0692. The number of phenols is 1. The molecule has 1 aliphatic rings. The molecule has 2 aromatic rings. The quantitative estimate of drug-likeness (QED) is 0.555. The van der Waals surface area contributed by atoms with Crippen LogP contribution in [0.2, 0.25) is 0 Å². The summed E-state index contributed by atoms with van der Waals surface area (Å²) in [6.45, 7) is 0. The number of aromatic carboxylic acids is 1. The lowest BCUT2D eigenvalue weighted by atomic mass is 10.1. The van der Waals surface area contributed by atoms with E-state index >= 15 is 0 Å². The van der Waals surface area contributed by atoms with E-state index in [1.54, 1.807) is 0 Å². The highest BCUT2D eigenvalue weighted by atomic mass is 16.4. The first kappa shape index (κ1) is 14.3. The van der Waals surface area contributed by atoms with E-state index in [-0.39, 0.29) is 22.6 Å². The number of fused-ring (bicyclic) bond motifs is 1. The maximum atomic E-state index is 12.2. The molecule has 3 rings (SSSR count). The van der Waals surface area contributed by atoms with Gasteiger partial charge < -0.3 is 15.9 Å². The molecule has 5 N–H and O–H groups in total. The largest absolute Gasteiger partial charge is 0.507 e. The van der Waals surface area contributed by atoms with Crippen LogP contribution in [0.25, 0.3) is 5.69 Å². The van der Waals surface area contributed by atoms with Crippen LogP contribution in [0.1, 0.15) is 31.1 Å². The number of carbonyl (C=O) groups is 3. The van der Waals surface area contributed by atoms with Crippen LogP contribution < -0.4 is 16.6 Å². The molecule has 0 saturated heterocycles. The van der Waals surface area contributed by atoms with Crippen LogP contribution in [-0.4, -0.2) is 32.6 Å². The van der Waals surface area contributed by atoms with Crippen molar-refractivity contribution in [3.05, 3.63) is 51.3 Å². The Morgan fingerprint density at radius 3 is 2.48 bits per heavy atom. The van der Waals surface area contributed by atoms with Crippen molar-refractivity contribution in [2.45, 2.75) is 0 Å². The fourth-order valence-corrected chi connectivity index (χ4v) is 2.38. The minimum atomic E-state index is -1.40. The van der Waals surface area contributed by atoms with Crippen molar-refractivity contribution in [3.8, 4) is 11.4 Å². The highest BCUT2D eigenvalue weighted by molar-refractivity contribution is 6.23. The molecular formula is C14H9N3O6. The van der Waals surface area contributed by atoms with Gasteiger partial charge in [-0.1, -0.05) is 0 Å². The standard InChI is InChI=1S/C14H9N3O6/c15-11-10-7(12(20)16-13(10)21)4-9(19)17(11)5-1-2-8(18)6(3-5)14(22)23/h1-4,18H,15H2,(H,22,23)(H,16,20,21). The molecule has 9 nitrogen and oxygen atoms in total. The second kappa shape index (κ2) is 4.70. The lowest BCUT2D eigenvalue weighted by Gasteiger charge is -2.12. The van der Waals surface area contributed by atoms with E-state index in [9.17, 15) is 24.3 Å². The van der Waals surface area contributed by atoms with Crippen molar-refractivity contribution >= 4 is 23.6 Å². The third kappa shape index (κ3) is 2.02. The number of pyridine rings is 1. The molecule has 0 saturated carbocycles. The molecule has 2 amide bonds. The molecule has 1 aromatic carbocycles. The third-order valence-corrected chi connectivity index (χ3v) is 3.42. The summed E-state index contributed by atoms with van der Waals surface area (Å²) >= 11 is 0. The summed E-state index contributed by atoms with van der Waals surface area (Å²) < 4.78 is 0.892. The number of hydrogen-bond donors (Lipinski definition) is 4. The summed E-state index contributed by atoms with van der Waals surface area (Å²) in [7, 11) is 0. The lowest BCUT2D eigenvalue weighted by Crippen LogP contribution is -2.24. The Hall–Kier alpha value is -3.62. The van der Waals surface area contributed by atoms with Crippen LogP contribution in [0.15, 0.2) is 29.1 Å². The van der Waals surface area contributed by atoms with E-state index < -0.39 is 34.7 Å². The summed E-state index contributed by atoms with van der Waals surface area (Å²) in [5.74, 6) is -3.64. The molecule has 1 aliphatic heterocycles. The molecule has 0 bridgehead atoms. The number of nitrogen functional groups attached to an aromatic ring is 1. The number of aromatic nitrogens is 1. The summed E-state index contributed by atoms with van der Waals surface area (Å²) in [4.78, 5) is 46.6. The monoisotopic (exact) mass is 315 g/mol. The number of amides is 2. The zero-order valence-electron chi connectivity index (χ0n) is 11.4. The van der Waals surface area contributed by atoms with Crippen molar-refractivity contribution in [3.63, 3.8) is 0 Å². The van der Waals surface area contributed by atoms with Crippen molar-refractivity contribution < 1.29 is 24.6 Å². The number of anilines is 1. The molecule has 2 heterocycles. The maximum absolute atomic E-state index is 12.2. The normalized spacial score (nSPS) is 12.9. The van der Waals surface area contributed by atoms with Crippen LogP contribution in [0.3, 0.4) is 0 Å². The highest BCUT2D eigenvalue weighted by Crippen LogP contribution is 2.25. The van der Waals surface area contributed by atoms with Crippen LogP contribution in [0.5, 0.6) is 5.75 Å². The third-order valence-electron chi connectivity index (χ3n) is 3.42. The predicted molar refractivity (Wildman–Crippen MR) is 76.9 cm³/mol. The highest BCUT2D eigenvalue weighted by Gasteiger charge is 2.32. The molecule has 9 heteroatoms. The molecule has 116 valence electrons. The maximum Gasteiger partial charge on any atom is 0.339 e. The first-order valence-corrected chi connectivity index (χ1v) is 6.29. The van der Waals surface area contributed by atoms with E-state index in [1.807, 2.05) is 5.32 Å². The molecule has 0 radical (unpaired) electrons. The number of carboxylic acid groups (broad SMARTS) is 1. The van der Waals surface area contributed by atoms with Crippen LogP contribution in [0, 0.1) is 0 Å². The predicted octanol–water partition coefficient (Wildman–Crippen LogP) is -0.293. The van der Waals surface area contributed by atoms with Gasteiger partial charge in [0.15, 0.2) is 0 Å². The Morgan fingerprint density at radius 2 is 1.83 bits per heavy atom. The fraction of sp³-hybridized carbons (Fsp3) is 0. The number of nitrogens with two attached hydrogens (primary N) is 1. The van der Waals surface area contributed by atoms with Crippen molar-refractivity contribution in [1.29, 1.82) is 0 Å². The topological polar surface area (TPSA) is 152 Å². The average Bonchev–Trinajstić information content (AvgIpc) is 2.75. The van der Waals surface area contributed by atoms with Crippen LogP contribution in [-0.2, 0) is 0 Å². The minimum absolute atomic E-state index is 0.0395. The summed E-state index contributed by atoms with van der Waals surface area (Å²) in [5.41, 5.74) is 4.43. The SMILES string of the molecule is Nc1c2c(cc(=O)n1-c1ccc(O)c(C(=O)O)c1)C(=O)NC2=O. The Labute approximate surface area is 127 Å². The summed E-state index contributed by atoms with van der Waals surface area (Å²) in [5, 5.41) is 20.6. The van der Waals surface area contributed by atoms with Crippen molar-refractivity contribution in [1.82, 2.24) is 9.88 Å². The fourth-order valence-electron chi connectivity index (χ4n) is 2.38. The molecular weight excluding hydrogens is 306 g/mol. The zero-order valence-corrected chi connectivity index (χ0v) is 11.4. The Bertz CT molecular complexity index is 960. The van der Waals surface area contributed by atoms with Gasteiger partial charge in [-0.25, -0.2) is 4.79 Å². The Kier molecular flexibility index (Phi) is 2.93. The van der Waals surface area contributed by atoms with Gasteiger partial charge in [0.1, 0.15) is 17.1 Å². The average molecular weight is 315 g/mol. The van der Waals surface area contributed by atoms with Gasteiger partial charge in [-0.15, -0.1) is 0 Å². The van der Waals surface area contributed by atoms with Gasteiger partial charge in [-0.2, -0.15) is 0 Å². The van der Waals surface area contributed by atoms with Gasteiger partial charge in [0.2, 0.25) is 0 Å². The first-order chi connectivity index (χ1) is 10.8. The first-order valence-electron chi connectivity index (χ1n) is 6.29. The zero-order chi connectivity index (χ0) is 16.9. The van der Waals surface area contributed by atoms with Gasteiger partial charge >= 0.3 is 5.97 Å². The number of carbonyl (C=O) groups excluding carboxylic acids is 2. The molecule has 0 unspecified atom stereocenters. The van der Waals surface area contributed by atoms with Gasteiger partial charge in [0, 0.05) is 6.07 Å². The Morgan fingerprint density at radius 1 is 1.13 bits per heavy atom. The molecule has 1 aromatic heterocycles. The summed E-state index contributed by atoms with van der Waals surface area (Å²) in [6, 6.07) is 4.33. The minimum Gasteiger partial charge on any atom is -0.507 e. The number of rotatable bonds is 2. The Balaban J connectivity index is 2.31. The molecule has 0 fully saturated rings. The van der Waals surface area contributed by atoms with Crippen LogP contribution >= 0.6 is 0 Å². The van der Waals surface area contributed by atoms with Gasteiger partial charge in [-0.3, -0.25) is 24.3 Å². The number of nitrogens with one attached hydrogen (secondary N) is 1. The number of benzene rings is 1. The van der Waals surface area contributed by atoms with Crippen molar-refractivity contribution in [2.75, 3.05) is 5.73 Å². The number of aromatic hydroxyl groups is 1. The van der Waals surface area contributed by atoms with E-state index in [1.165, 1.54) is 6.07 Å². The molecule has 0 atom stereocenters. The van der Waals surface area contributed by atoms with Crippen molar-refractivity contribution in [2.24, 2.45) is 0 Å². The van der Waals surface area contributed by atoms with Gasteiger partial charge in [-0.05, 0) is 18.2 Å². The molecule has 0 spiro atoms. The smallest absolute Gasteiger partial charge is 0.339 e. The van der Waals surface area contributed by atoms with E-state index in [4.69, 9.17) is 10.8 Å². The second-order valence-electron chi connectivity index (χ2n) is 4.78. The number of nitrogens with zero attached hydrogens (tertiary/aromatic N) is 1. The number of carboxylic acids is 1. The second-order valence-corrected chi connectivity index (χ2v) is 4.78. The van der Waals surface area contributed by atoms with E-state index in [0.29, 0.717) is 0 Å². The van der Waals surface area contributed by atoms with E-state index in [0.717, 1.165) is 22.8 Å². The number of imide groups is 1. The molecule has 23 heavy (non-hydrogen) atoms. The van der Waals surface area contributed by atoms with Gasteiger partial charge in [0.05, 0.1) is 16.8 Å². The number of hydrogen-bond acceptors (Lipinski definition) is 6. The van der Waals surface area contributed by atoms with E-state index in [2.05, 4.69) is 0 Å². The molecule has 0 aliphatic carbocycles. The van der Waals surface area contributed by atoms with Gasteiger partial charge in [0.25, 0.3) is 17.4 Å². The van der Waals surface area contributed by atoms with Crippen LogP contribution in [0.4, 0.5) is 5.82 Å². The summed E-state index contributed by atoms with van der Waals surface area (Å²) in [6.07, 6.45) is 0.